The van der Waals surface area contributed by atoms with Crippen molar-refractivity contribution in [1.29, 1.82) is 0 Å². The minimum Gasteiger partial charge on any atom is -0.319 e. The van der Waals surface area contributed by atoms with Crippen molar-refractivity contribution in [2.45, 2.75) is 27.7 Å². The highest BCUT2D eigenvalue weighted by atomic mass is 32.1. The van der Waals surface area contributed by atoms with Crippen LogP contribution in [-0.2, 0) is 7.05 Å². The number of benzene rings is 2. The van der Waals surface area contributed by atoms with E-state index in [9.17, 15) is 4.79 Å². The highest BCUT2D eigenvalue weighted by Gasteiger charge is 2.12. The van der Waals surface area contributed by atoms with Gasteiger partial charge in [0.25, 0.3) is 5.91 Å². The molecule has 23 heavy (non-hydrogen) atoms. The molecule has 0 N–H and O–H groups in total. The maximum atomic E-state index is 12.6. The van der Waals surface area contributed by atoms with E-state index in [4.69, 9.17) is 0 Å². The standard InChI is InChI=1S/C19H20N2OS/c1-11-6-7-12(2)15(10-11)18(22)20-19-21(5)16-13(3)8-9-14(4)17(16)23-19/h6-10H,1-5H3. The van der Waals surface area contributed by atoms with Crippen LogP contribution in [-0.4, -0.2) is 10.5 Å². The predicted octanol–water partition coefficient (Wildman–Crippen LogP) is 4.21. The van der Waals surface area contributed by atoms with Gasteiger partial charge in [-0.05, 0) is 50.5 Å². The largest absolute Gasteiger partial charge is 0.319 e. The maximum absolute atomic E-state index is 12.6. The second kappa shape index (κ2) is 5.78. The lowest BCUT2D eigenvalue weighted by Crippen LogP contribution is -2.14. The second-order valence-corrected chi connectivity index (χ2v) is 7.03. The number of thiazole rings is 1. The van der Waals surface area contributed by atoms with Crippen molar-refractivity contribution in [1.82, 2.24) is 4.57 Å². The van der Waals surface area contributed by atoms with Crippen LogP contribution in [0.5, 0.6) is 0 Å². The van der Waals surface area contributed by atoms with Crippen molar-refractivity contribution in [3.63, 3.8) is 0 Å². The average molecular weight is 324 g/mol. The van der Waals surface area contributed by atoms with E-state index < -0.39 is 0 Å². The lowest BCUT2D eigenvalue weighted by molar-refractivity contribution is 0.0997. The molecule has 0 saturated heterocycles. The van der Waals surface area contributed by atoms with Gasteiger partial charge in [0.05, 0.1) is 10.2 Å². The van der Waals surface area contributed by atoms with Gasteiger partial charge in [-0.15, -0.1) is 0 Å². The molecule has 0 radical (unpaired) electrons. The van der Waals surface area contributed by atoms with Crippen LogP contribution in [0.1, 0.15) is 32.6 Å². The van der Waals surface area contributed by atoms with Crippen molar-refractivity contribution < 1.29 is 4.79 Å². The van der Waals surface area contributed by atoms with E-state index in [2.05, 4.69) is 31.0 Å². The molecule has 2 aromatic carbocycles. The fourth-order valence-corrected chi connectivity index (χ4v) is 3.95. The van der Waals surface area contributed by atoms with E-state index in [1.54, 1.807) is 11.3 Å². The lowest BCUT2D eigenvalue weighted by atomic mass is 10.1. The van der Waals surface area contributed by atoms with Gasteiger partial charge in [0, 0.05) is 12.6 Å². The van der Waals surface area contributed by atoms with Crippen LogP contribution in [0.4, 0.5) is 0 Å². The first kappa shape index (κ1) is 15.7. The van der Waals surface area contributed by atoms with Gasteiger partial charge in [-0.2, -0.15) is 4.99 Å². The molecule has 0 spiro atoms. The normalized spacial score (nSPS) is 12.1. The molecule has 0 aliphatic rings. The van der Waals surface area contributed by atoms with Crippen LogP contribution in [0.2, 0.25) is 0 Å². The van der Waals surface area contributed by atoms with Gasteiger partial charge < -0.3 is 4.57 Å². The Balaban J connectivity index is 2.20. The van der Waals surface area contributed by atoms with Gasteiger partial charge >= 0.3 is 0 Å². The van der Waals surface area contributed by atoms with Crippen molar-refractivity contribution in [3.8, 4) is 0 Å². The van der Waals surface area contributed by atoms with E-state index in [1.807, 2.05) is 43.7 Å². The van der Waals surface area contributed by atoms with Gasteiger partial charge in [0.1, 0.15) is 0 Å². The molecule has 0 saturated carbocycles. The Morgan fingerprint density at radius 1 is 1.00 bits per heavy atom. The van der Waals surface area contributed by atoms with Crippen LogP contribution in [0.25, 0.3) is 10.2 Å². The number of nitrogens with zero attached hydrogens (tertiary/aromatic N) is 2. The van der Waals surface area contributed by atoms with E-state index in [0.29, 0.717) is 5.56 Å². The first-order valence-electron chi connectivity index (χ1n) is 7.60. The molecule has 3 nitrogen and oxygen atoms in total. The third-order valence-electron chi connectivity index (χ3n) is 4.17. The summed E-state index contributed by atoms with van der Waals surface area (Å²) in [5.41, 5.74) is 6.28. The Morgan fingerprint density at radius 3 is 2.35 bits per heavy atom. The molecule has 4 heteroatoms. The van der Waals surface area contributed by atoms with E-state index in [1.165, 1.54) is 15.8 Å². The SMILES string of the molecule is Cc1ccc(C)c(C(=O)N=c2sc3c(C)ccc(C)c3n2C)c1. The molecular formula is C19H20N2OS. The Labute approximate surface area is 139 Å². The molecule has 0 fully saturated rings. The predicted molar refractivity (Wildman–Crippen MR) is 96.1 cm³/mol. The zero-order chi connectivity index (χ0) is 16.7. The quantitative estimate of drug-likeness (QED) is 0.660. The summed E-state index contributed by atoms with van der Waals surface area (Å²) in [6, 6.07) is 10.1. The maximum Gasteiger partial charge on any atom is 0.279 e. The summed E-state index contributed by atoms with van der Waals surface area (Å²) in [4.78, 5) is 17.7. The highest BCUT2D eigenvalue weighted by Crippen LogP contribution is 2.24. The van der Waals surface area contributed by atoms with Crippen molar-refractivity contribution in [3.05, 3.63) is 63.0 Å². The summed E-state index contributed by atoms with van der Waals surface area (Å²) < 4.78 is 3.21. The molecule has 0 atom stereocenters. The molecule has 3 aromatic rings. The summed E-state index contributed by atoms with van der Waals surface area (Å²) in [6.07, 6.45) is 0. The fourth-order valence-electron chi connectivity index (χ4n) is 2.78. The fraction of sp³-hybridized carbons (Fsp3) is 0.263. The number of hydrogen-bond acceptors (Lipinski definition) is 2. The third kappa shape index (κ3) is 2.75. The number of amides is 1. The van der Waals surface area contributed by atoms with Crippen LogP contribution in [0, 0.1) is 27.7 Å². The summed E-state index contributed by atoms with van der Waals surface area (Å²) in [7, 11) is 1.97. The molecule has 0 aliphatic carbocycles. The smallest absolute Gasteiger partial charge is 0.279 e. The number of hydrogen-bond donors (Lipinski definition) is 0. The highest BCUT2D eigenvalue weighted by molar-refractivity contribution is 7.16. The molecule has 1 amide bonds. The number of rotatable bonds is 1. The van der Waals surface area contributed by atoms with Gasteiger partial charge in [0.15, 0.2) is 4.80 Å². The van der Waals surface area contributed by atoms with Crippen molar-refractivity contribution in [2.24, 2.45) is 12.0 Å². The summed E-state index contributed by atoms with van der Waals surface area (Å²) in [5, 5.41) is 0. The van der Waals surface area contributed by atoms with Gasteiger partial charge in [-0.25, -0.2) is 0 Å². The molecule has 1 heterocycles. The monoisotopic (exact) mass is 324 g/mol. The Morgan fingerprint density at radius 2 is 1.65 bits per heavy atom. The van der Waals surface area contributed by atoms with E-state index in [0.717, 1.165) is 21.4 Å². The minimum absolute atomic E-state index is 0.177. The Kier molecular flexibility index (Phi) is 3.94. The zero-order valence-electron chi connectivity index (χ0n) is 14.1. The minimum atomic E-state index is -0.177. The summed E-state index contributed by atoms with van der Waals surface area (Å²) in [6.45, 7) is 8.11. The summed E-state index contributed by atoms with van der Waals surface area (Å²) >= 11 is 1.57. The van der Waals surface area contributed by atoms with E-state index >= 15 is 0 Å². The van der Waals surface area contributed by atoms with Crippen LogP contribution < -0.4 is 4.80 Å². The van der Waals surface area contributed by atoms with Crippen molar-refractivity contribution >= 4 is 27.5 Å². The summed E-state index contributed by atoms with van der Waals surface area (Å²) in [5.74, 6) is -0.177. The Hall–Kier alpha value is -2.20. The van der Waals surface area contributed by atoms with Gasteiger partial charge in [-0.3, -0.25) is 4.79 Å². The molecular weight excluding hydrogens is 304 g/mol. The van der Waals surface area contributed by atoms with Gasteiger partial charge in [-0.1, -0.05) is 41.2 Å². The van der Waals surface area contributed by atoms with Crippen LogP contribution in [0.3, 0.4) is 0 Å². The second-order valence-electron chi connectivity index (χ2n) is 6.06. The first-order chi connectivity index (χ1) is 10.9. The molecule has 0 unspecified atom stereocenters. The molecule has 118 valence electrons. The molecule has 1 aromatic heterocycles. The number of carbonyl (C=O) groups excluding carboxylic acids is 1. The average Bonchev–Trinajstić information content (AvgIpc) is 2.84. The zero-order valence-corrected chi connectivity index (χ0v) is 14.9. The molecule has 0 bridgehead atoms. The number of carbonyl (C=O) groups is 1. The number of aromatic nitrogens is 1. The topological polar surface area (TPSA) is 34.4 Å². The van der Waals surface area contributed by atoms with Crippen LogP contribution in [0.15, 0.2) is 35.3 Å². The molecule has 3 rings (SSSR count). The van der Waals surface area contributed by atoms with E-state index in [-0.39, 0.29) is 5.91 Å². The van der Waals surface area contributed by atoms with Gasteiger partial charge in [0.2, 0.25) is 0 Å². The third-order valence-corrected chi connectivity index (χ3v) is 5.43. The first-order valence-corrected chi connectivity index (χ1v) is 8.42. The van der Waals surface area contributed by atoms with Crippen LogP contribution >= 0.6 is 11.3 Å². The number of aryl methyl sites for hydroxylation is 5. The Bertz CT molecular complexity index is 993. The molecule has 0 aliphatic heterocycles. The lowest BCUT2D eigenvalue weighted by Gasteiger charge is -2.03. The number of fused-ring (bicyclic) bond motifs is 1. The van der Waals surface area contributed by atoms with Crippen molar-refractivity contribution in [2.75, 3.05) is 0 Å².